The van der Waals surface area contributed by atoms with Crippen LogP contribution in [0.15, 0.2) is 55.1 Å². The minimum Gasteiger partial charge on any atom is -0.493 e. The zero-order valence-electron chi connectivity index (χ0n) is 14.3. The summed E-state index contributed by atoms with van der Waals surface area (Å²) in [7, 11) is 1.55. The van der Waals surface area contributed by atoms with E-state index in [1.54, 1.807) is 25.3 Å². The highest BCUT2D eigenvalue weighted by Crippen LogP contribution is 2.28. The zero-order valence-corrected chi connectivity index (χ0v) is 14.3. The highest BCUT2D eigenvalue weighted by molar-refractivity contribution is 5.77. The number of carbonyl (C=O) groups is 1. The number of allylic oxidation sites excluding steroid dienone is 1. The van der Waals surface area contributed by atoms with Crippen LogP contribution in [0.1, 0.15) is 11.1 Å². The zero-order chi connectivity index (χ0) is 18.1. The van der Waals surface area contributed by atoms with Gasteiger partial charge in [-0.1, -0.05) is 24.3 Å². The smallest absolute Gasteiger partial charge is 0.257 e. The van der Waals surface area contributed by atoms with Gasteiger partial charge in [0.2, 0.25) is 0 Å². The van der Waals surface area contributed by atoms with Crippen molar-refractivity contribution in [1.29, 1.82) is 0 Å². The van der Waals surface area contributed by atoms with Crippen LogP contribution in [0.2, 0.25) is 0 Å². The van der Waals surface area contributed by atoms with Crippen LogP contribution in [0.3, 0.4) is 0 Å². The first-order valence-electron chi connectivity index (χ1n) is 8.04. The lowest BCUT2D eigenvalue weighted by Crippen LogP contribution is -2.30. The minimum atomic E-state index is -0.279. The molecule has 1 amide bonds. The Morgan fingerprint density at radius 2 is 2.04 bits per heavy atom. The molecule has 0 aliphatic carbocycles. The third-order valence-electron chi connectivity index (χ3n) is 3.59. The molecular formula is C20H22FNO3. The van der Waals surface area contributed by atoms with E-state index >= 15 is 0 Å². The Balaban J connectivity index is 1.80. The fraction of sp³-hybridized carbons (Fsp3) is 0.250. The van der Waals surface area contributed by atoms with Crippen molar-refractivity contribution in [2.45, 2.75) is 12.8 Å². The van der Waals surface area contributed by atoms with E-state index in [1.807, 2.05) is 18.2 Å². The van der Waals surface area contributed by atoms with E-state index in [-0.39, 0.29) is 18.3 Å². The van der Waals surface area contributed by atoms with Crippen LogP contribution in [-0.2, 0) is 17.6 Å². The Morgan fingerprint density at radius 1 is 1.20 bits per heavy atom. The van der Waals surface area contributed by atoms with Crippen molar-refractivity contribution >= 4 is 5.91 Å². The quantitative estimate of drug-likeness (QED) is 0.711. The Hall–Kier alpha value is -2.82. The summed E-state index contributed by atoms with van der Waals surface area (Å²) in [6, 6.07) is 11.9. The lowest BCUT2D eigenvalue weighted by Gasteiger charge is -2.12. The second kappa shape index (κ2) is 9.47. The van der Waals surface area contributed by atoms with E-state index in [2.05, 4.69) is 11.9 Å². The highest BCUT2D eigenvalue weighted by atomic mass is 19.1. The summed E-state index contributed by atoms with van der Waals surface area (Å²) < 4.78 is 23.9. The van der Waals surface area contributed by atoms with Crippen LogP contribution in [0, 0.1) is 5.82 Å². The van der Waals surface area contributed by atoms with Crippen LogP contribution in [0.4, 0.5) is 4.39 Å². The number of benzene rings is 2. The molecule has 132 valence electrons. The molecule has 25 heavy (non-hydrogen) atoms. The Labute approximate surface area is 147 Å². The van der Waals surface area contributed by atoms with E-state index < -0.39 is 0 Å². The SMILES string of the molecule is C=CCc1ccc(OCC(=O)NCCc2cccc(F)c2)c(OC)c1. The number of nitrogens with one attached hydrogen (secondary N) is 1. The topological polar surface area (TPSA) is 47.6 Å². The number of carbonyl (C=O) groups excluding carboxylic acids is 1. The average Bonchev–Trinajstić information content (AvgIpc) is 2.61. The monoisotopic (exact) mass is 343 g/mol. The Morgan fingerprint density at radius 3 is 2.76 bits per heavy atom. The molecule has 0 heterocycles. The average molecular weight is 343 g/mol. The molecule has 0 bridgehead atoms. The number of halogens is 1. The molecule has 2 aromatic rings. The van der Waals surface area contributed by atoms with Gasteiger partial charge in [0.15, 0.2) is 18.1 Å². The summed E-state index contributed by atoms with van der Waals surface area (Å²) in [5.74, 6) is 0.565. The summed E-state index contributed by atoms with van der Waals surface area (Å²) in [6.07, 6.45) is 3.10. The molecule has 0 aromatic heterocycles. The molecule has 0 saturated carbocycles. The fourth-order valence-corrected chi connectivity index (χ4v) is 2.36. The molecule has 0 radical (unpaired) electrons. The molecule has 2 rings (SSSR count). The van der Waals surface area contributed by atoms with Gasteiger partial charge in [-0.3, -0.25) is 4.79 Å². The highest BCUT2D eigenvalue weighted by Gasteiger charge is 2.08. The summed E-state index contributed by atoms with van der Waals surface area (Å²) in [4.78, 5) is 11.9. The van der Waals surface area contributed by atoms with Crippen molar-refractivity contribution in [3.8, 4) is 11.5 Å². The van der Waals surface area contributed by atoms with E-state index in [9.17, 15) is 9.18 Å². The van der Waals surface area contributed by atoms with Crippen LogP contribution in [0.5, 0.6) is 11.5 Å². The Bertz CT molecular complexity index is 731. The Kier molecular flexibility index (Phi) is 7.01. The van der Waals surface area contributed by atoms with Gasteiger partial charge in [0.1, 0.15) is 5.82 Å². The van der Waals surface area contributed by atoms with Crippen molar-refractivity contribution in [3.63, 3.8) is 0 Å². The van der Waals surface area contributed by atoms with Crippen molar-refractivity contribution in [2.24, 2.45) is 0 Å². The maximum Gasteiger partial charge on any atom is 0.257 e. The van der Waals surface area contributed by atoms with Gasteiger partial charge >= 0.3 is 0 Å². The molecule has 0 aliphatic heterocycles. The number of ether oxygens (including phenoxy) is 2. The molecule has 0 saturated heterocycles. The molecule has 0 unspecified atom stereocenters. The molecule has 5 heteroatoms. The first-order valence-corrected chi connectivity index (χ1v) is 8.04. The maximum atomic E-state index is 13.1. The van der Waals surface area contributed by atoms with E-state index in [4.69, 9.17) is 9.47 Å². The molecule has 4 nitrogen and oxygen atoms in total. The minimum absolute atomic E-state index is 0.111. The van der Waals surface area contributed by atoms with Crippen LogP contribution in [0.25, 0.3) is 0 Å². The largest absolute Gasteiger partial charge is 0.493 e. The van der Waals surface area contributed by atoms with Crippen molar-refractivity contribution in [3.05, 3.63) is 72.1 Å². The summed E-state index contributed by atoms with van der Waals surface area (Å²) >= 11 is 0. The third kappa shape index (κ3) is 5.95. The van der Waals surface area contributed by atoms with Crippen LogP contribution < -0.4 is 14.8 Å². The predicted molar refractivity (Wildman–Crippen MR) is 95.5 cm³/mol. The lowest BCUT2D eigenvalue weighted by molar-refractivity contribution is -0.123. The maximum absolute atomic E-state index is 13.1. The summed E-state index contributed by atoms with van der Waals surface area (Å²) in [5, 5.41) is 2.75. The van der Waals surface area contributed by atoms with Gasteiger partial charge in [0.05, 0.1) is 7.11 Å². The summed E-state index contributed by atoms with van der Waals surface area (Å²) in [6.45, 7) is 4.01. The van der Waals surface area contributed by atoms with Gasteiger partial charge in [0, 0.05) is 6.54 Å². The summed E-state index contributed by atoms with van der Waals surface area (Å²) in [5.41, 5.74) is 1.89. The van der Waals surface area contributed by atoms with Crippen LogP contribution >= 0.6 is 0 Å². The number of methoxy groups -OCH3 is 1. The second-order valence-electron chi connectivity index (χ2n) is 5.50. The normalized spacial score (nSPS) is 10.2. The number of rotatable bonds is 9. The van der Waals surface area contributed by atoms with Gasteiger partial charge < -0.3 is 14.8 Å². The van der Waals surface area contributed by atoms with Gasteiger partial charge in [-0.05, 0) is 48.2 Å². The number of hydrogen-bond donors (Lipinski definition) is 1. The number of amides is 1. The van der Waals surface area contributed by atoms with Gasteiger partial charge in [-0.25, -0.2) is 4.39 Å². The first-order chi connectivity index (χ1) is 12.1. The van der Waals surface area contributed by atoms with Crippen molar-refractivity contribution in [1.82, 2.24) is 5.32 Å². The van der Waals surface area contributed by atoms with E-state index in [0.717, 1.165) is 17.5 Å². The fourth-order valence-electron chi connectivity index (χ4n) is 2.36. The molecule has 0 fully saturated rings. The molecular weight excluding hydrogens is 321 g/mol. The van der Waals surface area contributed by atoms with Gasteiger partial charge in [-0.2, -0.15) is 0 Å². The van der Waals surface area contributed by atoms with Gasteiger partial charge in [0.25, 0.3) is 5.91 Å². The van der Waals surface area contributed by atoms with Crippen molar-refractivity contribution < 1.29 is 18.7 Å². The van der Waals surface area contributed by atoms with E-state index in [0.29, 0.717) is 24.5 Å². The second-order valence-corrected chi connectivity index (χ2v) is 5.50. The standard InChI is InChI=1S/C20H22FNO3/c1-3-5-15-8-9-18(19(13-15)24-2)25-14-20(23)22-11-10-16-6-4-7-17(21)12-16/h3-4,6-9,12-13H,1,5,10-11,14H2,2H3,(H,22,23). The molecule has 0 atom stereocenters. The number of hydrogen-bond acceptors (Lipinski definition) is 3. The molecule has 0 spiro atoms. The van der Waals surface area contributed by atoms with E-state index in [1.165, 1.54) is 12.1 Å². The molecule has 2 aromatic carbocycles. The van der Waals surface area contributed by atoms with Gasteiger partial charge in [-0.15, -0.1) is 6.58 Å². The van der Waals surface area contributed by atoms with Crippen LogP contribution in [-0.4, -0.2) is 26.2 Å². The molecule has 1 N–H and O–H groups in total. The first kappa shape index (κ1) is 18.5. The van der Waals surface area contributed by atoms with Crippen molar-refractivity contribution in [2.75, 3.05) is 20.3 Å². The third-order valence-corrected chi connectivity index (χ3v) is 3.59. The molecule has 0 aliphatic rings. The lowest BCUT2D eigenvalue weighted by atomic mass is 10.1. The predicted octanol–water partition coefficient (Wildman–Crippen LogP) is 3.30.